The average Bonchev–Trinajstić information content (AvgIpc) is 2.37. The van der Waals surface area contributed by atoms with Crippen molar-refractivity contribution in [2.24, 2.45) is 11.5 Å². The summed E-state index contributed by atoms with van der Waals surface area (Å²) in [4.78, 5) is 3.83. The Kier molecular flexibility index (Phi) is 3.74. The quantitative estimate of drug-likeness (QED) is 0.658. The van der Waals surface area contributed by atoms with Gasteiger partial charge in [-0.1, -0.05) is 6.07 Å². The molecule has 0 atom stereocenters. The molecule has 106 valence electrons. The first kappa shape index (κ1) is 14.4. The van der Waals surface area contributed by atoms with E-state index in [1.807, 2.05) is 0 Å². The van der Waals surface area contributed by atoms with Crippen molar-refractivity contribution >= 4 is 0 Å². The van der Waals surface area contributed by atoms with E-state index in [1.54, 1.807) is 0 Å². The molecule has 0 saturated heterocycles. The molecule has 0 aliphatic rings. The largest absolute Gasteiger partial charge is 0.417 e. The van der Waals surface area contributed by atoms with Crippen molar-refractivity contribution in [2.45, 2.75) is 12.3 Å². The van der Waals surface area contributed by atoms with Crippen molar-refractivity contribution in [1.82, 2.24) is 4.98 Å². The van der Waals surface area contributed by atoms with Crippen LogP contribution in [0.1, 0.15) is 17.4 Å². The Morgan fingerprint density at radius 2 is 1.80 bits per heavy atom. The summed E-state index contributed by atoms with van der Waals surface area (Å²) in [5.74, 6) is -0.970. The minimum absolute atomic E-state index is 0.0290. The number of pyridine rings is 1. The fraction of sp³-hybridized carbons (Fsp3) is 0.154. The van der Waals surface area contributed by atoms with Gasteiger partial charge in [-0.15, -0.1) is 0 Å². The Labute approximate surface area is 112 Å². The maximum absolute atomic E-state index is 13.8. The molecule has 2 rings (SSSR count). The van der Waals surface area contributed by atoms with Crippen molar-refractivity contribution < 1.29 is 17.6 Å². The second-order valence-electron chi connectivity index (χ2n) is 4.16. The van der Waals surface area contributed by atoms with E-state index in [-0.39, 0.29) is 11.3 Å². The van der Waals surface area contributed by atoms with Crippen molar-refractivity contribution in [3.05, 3.63) is 53.6 Å². The van der Waals surface area contributed by atoms with Gasteiger partial charge in [0.15, 0.2) is 0 Å². The number of rotatable bonds is 2. The van der Waals surface area contributed by atoms with E-state index in [1.165, 1.54) is 18.3 Å². The van der Waals surface area contributed by atoms with Crippen molar-refractivity contribution in [3.8, 4) is 11.1 Å². The van der Waals surface area contributed by atoms with E-state index in [4.69, 9.17) is 11.5 Å². The first-order chi connectivity index (χ1) is 9.30. The molecule has 0 saturated carbocycles. The summed E-state index contributed by atoms with van der Waals surface area (Å²) in [6.45, 7) is 0. The van der Waals surface area contributed by atoms with Crippen LogP contribution in [0.25, 0.3) is 11.1 Å². The molecule has 1 heterocycles. The topological polar surface area (TPSA) is 64.9 Å². The SMILES string of the molecule is NC(N)c1cc(-c2c(F)cccc2C(F)(F)F)ccn1. The van der Waals surface area contributed by atoms with Gasteiger partial charge in [-0.05, 0) is 29.8 Å². The Morgan fingerprint density at radius 1 is 1.10 bits per heavy atom. The van der Waals surface area contributed by atoms with Crippen LogP contribution in [0.5, 0.6) is 0 Å². The van der Waals surface area contributed by atoms with Gasteiger partial charge in [0.2, 0.25) is 0 Å². The number of hydrogen-bond donors (Lipinski definition) is 2. The summed E-state index contributed by atoms with van der Waals surface area (Å²) in [7, 11) is 0. The molecule has 20 heavy (non-hydrogen) atoms. The summed E-state index contributed by atoms with van der Waals surface area (Å²) in [5, 5.41) is 0. The van der Waals surface area contributed by atoms with Gasteiger partial charge in [0.25, 0.3) is 0 Å². The average molecular weight is 285 g/mol. The standard InChI is InChI=1S/C13H11F4N3/c14-9-3-1-2-8(13(15,16)17)11(9)7-4-5-20-10(6-7)12(18)19/h1-6,12H,18-19H2. The Bertz CT molecular complexity index is 623. The van der Waals surface area contributed by atoms with Crippen LogP contribution >= 0.6 is 0 Å². The second kappa shape index (κ2) is 5.18. The third-order valence-corrected chi connectivity index (χ3v) is 2.73. The molecule has 4 N–H and O–H groups in total. The Balaban J connectivity index is 2.66. The van der Waals surface area contributed by atoms with E-state index < -0.39 is 29.3 Å². The lowest BCUT2D eigenvalue weighted by atomic mass is 9.98. The lowest BCUT2D eigenvalue weighted by molar-refractivity contribution is -0.137. The first-order valence-corrected chi connectivity index (χ1v) is 5.64. The van der Waals surface area contributed by atoms with Gasteiger partial charge in [-0.3, -0.25) is 4.98 Å². The van der Waals surface area contributed by atoms with Crippen LogP contribution < -0.4 is 11.5 Å². The van der Waals surface area contributed by atoms with E-state index in [0.29, 0.717) is 0 Å². The predicted molar refractivity (Wildman–Crippen MR) is 65.7 cm³/mol. The van der Waals surface area contributed by atoms with Gasteiger partial charge in [0, 0.05) is 11.8 Å². The van der Waals surface area contributed by atoms with E-state index in [0.717, 1.165) is 18.2 Å². The normalized spacial score (nSPS) is 11.9. The number of alkyl halides is 3. The zero-order valence-corrected chi connectivity index (χ0v) is 10.2. The fourth-order valence-corrected chi connectivity index (χ4v) is 1.84. The van der Waals surface area contributed by atoms with Gasteiger partial charge in [0.1, 0.15) is 5.82 Å². The van der Waals surface area contributed by atoms with Crippen LogP contribution in [0, 0.1) is 5.82 Å². The summed E-state index contributed by atoms with van der Waals surface area (Å²) >= 11 is 0. The molecule has 3 nitrogen and oxygen atoms in total. The van der Waals surface area contributed by atoms with E-state index in [2.05, 4.69) is 4.98 Å². The minimum atomic E-state index is -4.66. The van der Waals surface area contributed by atoms with Crippen LogP contribution in [0.2, 0.25) is 0 Å². The second-order valence-corrected chi connectivity index (χ2v) is 4.16. The fourth-order valence-electron chi connectivity index (χ4n) is 1.84. The molecule has 0 amide bonds. The highest BCUT2D eigenvalue weighted by Crippen LogP contribution is 2.38. The highest BCUT2D eigenvalue weighted by molar-refractivity contribution is 5.69. The van der Waals surface area contributed by atoms with Crippen LogP contribution in [0.15, 0.2) is 36.5 Å². The highest BCUT2D eigenvalue weighted by Gasteiger charge is 2.35. The van der Waals surface area contributed by atoms with Gasteiger partial charge in [-0.2, -0.15) is 13.2 Å². The first-order valence-electron chi connectivity index (χ1n) is 5.64. The van der Waals surface area contributed by atoms with Crippen molar-refractivity contribution in [1.29, 1.82) is 0 Å². The zero-order valence-electron chi connectivity index (χ0n) is 10.2. The lowest BCUT2D eigenvalue weighted by Gasteiger charge is -2.14. The van der Waals surface area contributed by atoms with Crippen LogP contribution in [-0.2, 0) is 6.18 Å². The molecule has 0 aliphatic carbocycles. The highest BCUT2D eigenvalue weighted by atomic mass is 19.4. The molecule has 0 spiro atoms. The van der Waals surface area contributed by atoms with Gasteiger partial charge in [0.05, 0.1) is 17.4 Å². The smallest absolute Gasteiger partial charge is 0.311 e. The molecule has 0 aliphatic heterocycles. The maximum Gasteiger partial charge on any atom is 0.417 e. The molecular formula is C13H11F4N3. The number of benzene rings is 1. The molecular weight excluding hydrogens is 274 g/mol. The third-order valence-electron chi connectivity index (χ3n) is 2.73. The lowest BCUT2D eigenvalue weighted by Crippen LogP contribution is -2.21. The maximum atomic E-state index is 13.8. The Hall–Kier alpha value is -1.99. The van der Waals surface area contributed by atoms with Crippen LogP contribution in [0.3, 0.4) is 0 Å². The number of halogens is 4. The van der Waals surface area contributed by atoms with E-state index in [9.17, 15) is 17.6 Å². The van der Waals surface area contributed by atoms with Crippen molar-refractivity contribution in [3.63, 3.8) is 0 Å². The molecule has 1 aromatic carbocycles. The summed E-state index contributed by atoms with van der Waals surface area (Å²) < 4.78 is 52.6. The summed E-state index contributed by atoms with van der Waals surface area (Å²) in [6, 6.07) is 5.32. The summed E-state index contributed by atoms with van der Waals surface area (Å²) in [6.07, 6.45) is -4.37. The monoisotopic (exact) mass is 285 g/mol. The molecule has 7 heteroatoms. The summed E-state index contributed by atoms with van der Waals surface area (Å²) in [5.41, 5.74) is 9.46. The van der Waals surface area contributed by atoms with Crippen LogP contribution in [-0.4, -0.2) is 4.98 Å². The molecule has 0 bridgehead atoms. The molecule has 0 unspecified atom stereocenters. The predicted octanol–water partition coefficient (Wildman–Crippen LogP) is 2.82. The number of hydrogen-bond acceptors (Lipinski definition) is 3. The van der Waals surface area contributed by atoms with Gasteiger partial charge >= 0.3 is 6.18 Å². The van der Waals surface area contributed by atoms with E-state index >= 15 is 0 Å². The van der Waals surface area contributed by atoms with Crippen molar-refractivity contribution in [2.75, 3.05) is 0 Å². The van der Waals surface area contributed by atoms with Crippen LogP contribution in [0.4, 0.5) is 17.6 Å². The zero-order chi connectivity index (χ0) is 14.9. The third kappa shape index (κ3) is 2.78. The van der Waals surface area contributed by atoms with Gasteiger partial charge < -0.3 is 11.5 Å². The minimum Gasteiger partial charge on any atom is -0.311 e. The molecule has 2 aromatic rings. The number of nitrogens with two attached hydrogens (primary N) is 2. The van der Waals surface area contributed by atoms with Gasteiger partial charge in [-0.25, -0.2) is 4.39 Å². The molecule has 0 fully saturated rings. The molecule has 0 radical (unpaired) electrons. The molecule has 1 aromatic heterocycles. The number of nitrogens with zero attached hydrogens (tertiary/aromatic N) is 1. The number of aromatic nitrogens is 1. The Morgan fingerprint density at radius 3 is 2.40 bits per heavy atom.